The van der Waals surface area contributed by atoms with Crippen molar-refractivity contribution in [1.82, 2.24) is 15.1 Å². The molecule has 0 spiro atoms. The maximum absolute atomic E-state index is 13.4. The van der Waals surface area contributed by atoms with E-state index in [1.807, 2.05) is 23.1 Å². The number of carbonyl (C=O) groups excluding carboxylic acids is 2. The summed E-state index contributed by atoms with van der Waals surface area (Å²) in [6.07, 6.45) is 7.73. The molecule has 1 saturated heterocycles. The van der Waals surface area contributed by atoms with Crippen molar-refractivity contribution in [3.05, 3.63) is 65.2 Å². The van der Waals surface area contributed by atoms with Gasteiger partial charge in [0.25, 0.3) is 5.91 Å². The molecule has 6 nitrogen and oxygen atoms in total. The van der Waals surface area contributed by atoms with Crippen molar-refractivity contribution in [1.29, 1.82) is 0 Å². The number of rotatable bonds is 6. The van der Waals surface area contributed by atoms with Crippen LogP contribution in [-0.2, 0) is 17.9 Å². The summed E-state index contributed by atoms with van der Waals surface area (Å²) in [7, 11) is 0. The van der Waals surface area contributed by atoms with Crippen molar-refractivity contribution in [3.8, 4) is 0 Å². The number of nitrogens with zero attached hydrogens (tertiary/aromatic N) is 3. The predicted molar refractivity (Wildman–Crippen MR) is 160 cm³/mol. The number of carbonyl (C=O) groups is 2. The Morgan fingerprint density at radius 2 is 1.56 bits per heavy atom. The quantitative estimate of drug-likeness (QED) is 0.507. The fourth-order valence-corrected chi connectivity index (χ4v) is 6.04. The molecule has 39 heavy (non-hydrogen) atoms. The van der Waals surface area contributed by atoms with Crippen LogP contribution in [0.15, 0.2) is 48.5 Å². The van der Waals surface area contributed by atoms with E-state index in [9.17, 15) is 9.59 Å². The molecule has 212 valence electrons. The normalized spacial score (nSPS) is 18.7. The van der Waals surface area contributed by atoms with Gasteiger partial charge >= 0.3 is 0 Å². The van der Waals surface area contributed by atoms with Gasteiger partial charge in [0, 0.05) is 63.5 Å². The first-order chi connectivity index (χ1) is 18.9. The number of hydrogen-bond acceptors (Lipinski definition) is 4. The third kappa shape index (κ3) is 8.91. The second-order valence-electron chi connectivity index (χ2n) is 11.9. The van der Waals surface area contributed by atoms with Crippen LogP contribution in [0.2, 0.25) is 0 Å². The van der Waals surface area contributed by atoms with E-state index in [1.165, 1.54) is 24.8 Å². The first-order valence-corrected chi connectivity index (χ1v) is 15.1. The topological polar surface area (TPSA) is 55.9 Å². The summed E-state index contributed by atoms with van der Waals surface area (Å²) in [5.41, 5.74) is 4.07. The fraction of sp³-hybridized carbons (Fsp3) is 0.576. The summed E-state index contributed by atoms with van der Waals surface area (Å²) < 4.78 is 0. The van der Waals surface area contributed by atoms with Crippen molar-refractivity contribution < 1.29 is 9.59 Å². The van der Waals surface area contributed by atoms with Gasteiger partial charge in [-0.2, -0.15) is 0 Å². The average Bonchev–Trinajstić information content (AvgIpc) is 2.91. The van der Waals surface area contributed by atoms with E-state index in [2.05, 4.69) is 59.3 Å². The number of nitrogens with one attached hydrogen (secondary N) is 1. The first-order valence-electron chi connectivity index (χ1n) is 15.1. The zero-order valence-corrected chi connectivity index (χ0v) is 24.3. The van der Waals surface area contributed by atoms with Crippen molar-refractivity contribution in [2.75, 3.05) is 37.6 Å². The number of hydrogen-bond donors (Lipinski definition) is 1. The molecule has 2 aromatic carbocycles. The lowest BCUT2D eigenvalue weighted by Gasteiger charge is -2.32. The van der Waals surface area contributed by atoms with Gasteiger partial charge in [-0.15, -0.1) is 0 Å². The minimum Gasteiger partial charge on any atom is -0.349 e. The predicted octanol–water partition coefficient (Wildman–Crippen LogP) is 5.86. The molecule has 2 aliphatic heterocycles. The van der Waals surface area contributed by atoms with Crippen LogP contribution in [0.5, 0.6) is 0 Å². The van der Waals surface area contributed by atoms with Gasteiger partial charge in [0.2, 0.25) is 5.91 Å². The third-order valence-electron chi connectivity index (χ3n) is 8.06. The molecular formula is C33H48N4O2. The Morgan fingerprint density at radius 1 is 0.872 bits per heavy atom. The van der Waals surface area contributed by atoms with Gasteiger partial charge in [0.15, 0.2) is 0 Å². The molecule has 1 fully saturated rings. The lowest BCUT2D eigenvalue weighted by atomic mass is 10.0. The molecular weight excluding hydrogens is 484 g/mol. The van der Waals surface area contributed by atoms with Crippen LogP contribution in [0, 0.1) is 5.92 Å². The molecule has 0 saturated carbocycles. The molecule has 2 aromatic rings. The molecule has 0 aromatic heterocycles. The largest absolute Gasteiger partial charge is 0.349 e. The number of fused-ring (bicyclic) bond motifs is 1. The number of anilines is 1. The molecule has 0 unspecified atom stereocenters. The van der Waals surface area contributed by atoms with E-state index in [-0.39, 0.29) is 17.9 Å². The van der Waals surface area contributed by atoms with E-state index in [1.54, 1.807) is 6.92 Å². The van der Waals surface area contributed by atoms with Crippen LogP contribution < -0.4 is 10.2 Å². The van der Waals surface area contributed by atoms with Gasteiger partial charge in [0.05, 0.1) is 0 Å². The van der Waals surface area contributed by atoms with Crippen molar-refractivity contribution in [2.24, 2.45) is 5.92 Å². The number of benzene rings is 2. The molecule has 6 heteroatoms. The Hall–Kier alpha value is -2.70. The summed E-state index contributed by atoms with van der Waals surface area (Å²) in [5.74, 6) is 0.628. The van der Waals surface area contributed by atoms with Crippen LogP contribution in [-0.4, -0.2) is 60.4 Å². The maximum atomic E-state index is 13.4. The number of likely N-dealkylation sites (tertiary alicyclic amines) is 1. The van der Waals surface area contributed by atoms with Gasteiger partial charge < -0.3 is 10.2 Å². The Balaban J connectivity index is 1.46. The lowest BCUT2D eigenvalue weighted by molar-refractivity contribution is -0.116. The second kappa shape index (κ2) is 14.6. The Labute approximate surface area is 235 Å². The monoisotopic (exact) mass is 532 g/mol. The van der Waals surface area contributed by atoms with Crippen LogP contribution in [0.4, 0.5) is 5.69 Å². The van der Waals surface area contributed by atoms with Crippen LogP contribution >= 0.6 is 0 Å². The smallest absolute Gasteiger partial charge is 0.251 e. The van der Waals surface area contributed by atoms with Gasteiger partial charge in [-0.25, -0.2) is 0 Å². The van der Waals surface area contributed by atoms with Crippen molar-refractivity contribution in [3.63, 3.8) is 0 Å². The summed E-state index contributed by atoms with van der Waals surface area (Å²) in [5, 5.41) is 3.31. The van der Waals surface area contributed by atoms with E-state index < -0.39 is 0 Å². The van der Waals surface area contributed by atoms with Gasteiger partial charge in [-0.3, -0.25) is 19.4 Å². The summed E-state index contributed by atoms with van der Waals surface area (Å²) >= 11 is 0. The molecule has 0 bridgehead atoms. The highest BCUT2D eigenvalue weighted by atomic mass is 16.2. The molecule has 0 radical (unpaired) electrons. The SMILES string of the molecule is CC(=O)N1CCCCCCCN(CC(C)C)Cc2cc(C(=O)NC3CCN(Cc4ccccc4)CC3)ccc21. The van der Waals surface area contributed by atoms with E-state index in [4.69, 9.17) is 0 Å². The number of piperidine rings is 1. The van der Waals surface area contributed by atoms with Gasteiger partial charge in [0.1, 0.15) is 0 Å². The van der Waals surface area contributed by atoms with Gasteiger partial charge in [-0.05, 0) is 67.5 Å². The standard InChI is InChI=1S/C33H48N4O2/c1-26(2)23-36-18-10-5-4-6-11-19-37(27(3)38)32-15-14-29(22-30(32)25-36)33(39)34-31-16-20-35(21-17-31)24-28-12-8-7-9-13-28/h7-9,12-15,22,26,31H,4-6,10-11,16-21,23-25H2,1-3H3,(H,34,39). The first kappa shape index (κ1) is 29.3. The highest BCUT2D eigenvalue weighted by molar-refractivity contribution is 5.97. The Bertz CT molecular complexity index is 1060. The molecule has 0 aliphatic carbocycles. The third-order valence-corrected chi connectivity index (χ3v) is 8.06. The highest BCUT2D eigenvalue weighted by Gasteiger charge is 2.23. The van der Waals surface area contributed by atoms with Crippen LogP contribution in [0.25, 0.3) is 0 Å². The van der Waals surface area contributed by atoms with Crippen molar-refractivity contribution in [2.45, 2.75) is 84.8 Å². The molecule has 4 rings (SSSR count). The molecule has 1 N–H and O–H groups in total. The Morgan fingerprint density at radius 3 is 2.26 bits per heavy atom. The van der Waals surface area contributed by atoms with E-state index >= 15 is 0 Å². The number of amides is 2. The maximum Gasteiger partial charge on any atom is 0.251 e. The average molecular weight is 533 g/mol. The van der Waals surface area contributed by atoms with Crippen LogP contribution in [0.1, 0.15) is 87.2 Å². The Kier molecular flexibility index (Phi) is 11.0. The molecule has 2 aliphatic rings. The molecule has 0 atom stereocenters. The van der Waals surface area contributed by atoms with E-state index in [0.717, 1.165) is 82.7 Å². The van der Waals surface area contributed by atoms with Crippen LogP contribution in [0.3, 0.4) is 0 Å². The summed E-state index contributed by atoms with van der Waals surface area (Å²) in [4.78, 5) is 33.0. The highest BCUT2D eigenvalue weighted by Crippen LogP contribution is 2.27. The lowest BCUT2D eigenvalue weighted by Crippen LogP contribution is -2.44. The second-order valence-corrected chi connectivity index (χ2v) is 11.9. The van der Waals surface area contributed by atoms with Crippen molar-refractivity contribution >= 4 is 17.5 Å². The minimum absolute atomic E-state index is 0.00443. The van der Waals surface area contributed by atoms with Gasteiger partial charge in [-0.1, -0.05) is 63.4 Å². The molecule has 2 heterocycles. The summed E-state index contributed by atoms with van der Waals surface area (Å²) in [6.45, 7) is 12.7. The fourth-order valence-electron chi connectivity index (χ4n) is 6.04. The summed E-state index contributed by atoms with van der Waals surface area (Å²) in [6, 6.07) is 16.7. The molecule has 2 amide bonds. The van der Waals surface area contributed by atoms with E-state index in [0.29, 0.717) is 11.5 Å². The zero-order valence-electron chi connectivity index (χ0n) is 24.3. The zero-order chi connectivity index (χ0) is 27.6. The minimum atomic E-state index is -0.00443.